The number of hydrogen-bond donors (Lipinski definition) is 1. The third-order valence-corrected chi connectivity index (χ3v) is 3.61. The number of amides is 1. The first-order valence-electron chi connectivity index (χ1n) is 8.27. The smallest absolute Gasteiger partial charge is 0.260 e. The number of benzene rings is 2. The summed E-state index contributed by atoms with van der Waals surface area (Å²) in [5.74, 6) is 2.00. The van der Waals surface area contributed by atoms with Crippen molar-refractivity contribution in [2.24, 2.45) is 0 Å². The van der Waals surface area contributed by atoms with Gasteiger partial charge in [-0.25, -0.2) is 0 Å². The molecule has 1 amide bonds. The predicted molar refractivity (Wildman–Crippen MR) is 97.5 cm³/mol. The summed E-state index contributed by atoms with van der Waals surface area (Å²) in [5, 5.41) is 2.81. The van der Waals surface area contributed by atoms with Gasteiger partial charge in [-0.1, -0.05) is 6.07 Å². The Hall–Kier alpha value is -2.69. The highest BCUT2D eigenvalue weighted by Crippen LogP contribution is 2.18. The number of methoxy groups -OCH3 is 1. The summed E-state index contributed by atoms with van der Waals surface area (Å²) in [6, 6.07) is 13.2. The van der Waals surface area contributed by atoms with Crippen LogP contribution in [0.2, 0.25) is 0 Å². The first-order chi connectivity index (χ1) is 12.0. The molecule has 0 heterocycles. The Morgan fingerprint density at radius 3 is 2.20 bits per heavy atom. The number of nitrogens with one attached hydrogen (secondary N) is 1. The largest absolute Gasteiger partial charge is 0.497 e. The van der Waals surface area contributed by atoms with Crippen molar-refractivity contribution >= 4 is 5.91 Å². The molecule has 0 aliphatic heterocycles. The van der Waals surface area contributed by atoms with E-state index in [2.05, 4.69) is 11.4 Å². The highest BCUT2D eigenvalue weighted by molar-refractivity contribution is 5.80. The average Bonchev–Trinajstić information content (AvgIpc) is 2.58. The van der Waals surface area contributed by atoms with Gasteiger partial charge in [-0.05, 0) is 68.3 Å². The van der Waals surface area contributed by atoms with Gasteiger partial charge in [-0.15, -0.1) is 0 Å². The molecule has 0 bridgehead atoms. The molecule has 0 radical (unpaired) electrons. The number of ether oxygens (including phenoxy) is 3. The first kappa shape index (κ1) is 18.6. The van der Waals surface area contributed by atoms with Crippen molar-refractivity contribution in [1.29, 1.82) is 0 Å². The van der Waals surface area contributed by atoms with E-state index in [4.69, 9.17) is 14.2 Å². The molecule has 5 heteroatoms. The topological polar surface area (TPSA) is 56.8 Å². The maximum absolute atomic E-state index is 12.1. The van der Waals surface area contributed by atoms with E-state index >= 15 is 0 Å². The van der Waals surface area contributed by atoms with Crippen LogP contribution < -0.4 is 19.5 Å². The molecule has 0 aromatic heterocycles. The van der Waals surface area contributed by atoms with Crippen molar-refractivity contribution in [3.63, 3.8) is 0 Å². The van der Waals surface area contributed by atoms with Crippen LogP contribution >= 0.6 is 0 Å². The second-order valence-corrected chi connectivity index (χ2v) is 5.90. The average molecular weight is 343 g/mol. The van der Waals surface area contributed by atoms with E-state index in [1.807, 2.05) is 26.0 Å². The summed E-state index contributed by atoms with van der Waals surface area (Å²) < 4.78 is 16.4. The van der Waals surface area contributed by atoms with Gasteiger partial charge >= 0.3 is 0 Å². The molecule has 0 saturated carbocycles. The van der Waals surface area contributed by atoms with Crippen LogP contribution in [0.25, 0.3) is 0 Å². The van der Waals surface area contributed by atoms with Crippen molar-refractivity contribution in [2.45, 2.75) is 26.9 Å². The Bertz CT molecular complexity index is 677. The number of carbonyl (C=O) groups is 1. The molecule has 2 aromatic rings. The van der Waals surface area contributed by atoms with Crippen molar-refractivity contribution in [3.8, 4) is 17.2 Å². The van der Waals surface area contributed by atoms with E-state index in [1.165, 1.54) is 0 Å². The number of rotatable bonds is 8. The van der Waals surface area contributed by atoms with Gasteiger partial charge in [0.2, 0.25) is 0 Å². The van der Waals surface area contributed by atoms with Gasteiger partial charge in [0, 0.05) is 0 Å². The lowest BCUT2D eigenvalue weighted by atomic mass is 10.1. The predicted octanol–water partition coefficient (Wildman–Crippen LogP) is 3.27. The molecule has 1 unspecified atom stereocenters. The van der Waals surface area contributed by atoms with E-state index in [0.29, 0.717) is 18.9 Å². The summed E-state index contributed by atoms with van der Waals surface area (Å²) in [6.07, 6.45) is -0.588. The molecule has 134 valence electrons. The fraction of sp³-hybridized carbons (Fsp3) is 0.350. The Labute approximate surface area is 148 Å². The van der Waals surface area contributed by atoms with Gasteiger partial charge in [-0.2, -0.15) is 0 Å². The Kier molecular flexibility index (Phi) is 6.69. The minimum Gasteiger partial charge on any atom is -0.497 e. The molecule has 2 rings (SSSR count). The lowest BCUT2D eigenvalue weighted by Gasteiger charge is -2.15. The zero-order chi connectivity index (χ0) is 18.2. The van der Waals surface area contributed by atoms with E-state index in [0.717, 1.165) is 22.6 Å². The van der Waals surface area contributed by atoms with Gasteiger partial charge in [-0.3, -0.25) is 4.79 Å². The van der Waals surface area contributed by atoms with Crippen LogP contribution in [0.3, 0.4) is 0 Å². The normalized spacial score (nSPS) is 11.5. The molecule has 0 fully saturated rings. The third kappa shape index (κ3) is 6.03. The third-order valence-electron chi connectivity index (χ3n) is 3.61. The quantitative estimate of drug-likeness (QED) is 0.748. The molecule has 5 nitrogen and oxygen atoms in total. The maximum atomic E-state index is 12.1. The summed E-state index contributed by atoms with van der Waals surface area (Å²) in [6.45, 7) is 6.59. The zero-order valence-electron chi connectivity index (χ0n) is 15.2. The summed E-state index contributed by atoms with van der Waals surface area (Å²) >= 11 is 0. The van der Waals surface area contributed by atoms with Crippen molar-refractivity contribution in [1.82, 2.24) is 5.32 Å². The van der Waals surface area contributed by atoms with E-state index in [-0.39, 0.29) is 5.91 Å². The maximum Gasteiger partial charge on any atom is 0.260 e. The Morgan fingerprint density at radius 1 is 1.00 bits per heavy atom. The second kappa shape index (κ2) is 8.97. The van der Waals surface area contributed by atoms with Crippen LogP contribution in [0.4, 0.5) is 0 Å². The van der Waals surface area contributed by atoms with Crippen molar-refractivity contribution in [2.75, 3.05) is 20.3 Å². The number of aryl methyl sites for hydroxylation is 2. The van der Waals surface area contributed by atoms with Crippen molar-refractivity contribution in [3.05, 3.63) is 53.6 Å². The van der Waals surface area contributed by atoms with Crippen LogP contribution in [0, 0.1) is 13.8 Å². The lowest BCUT2D eigenvalue weighted by Crippen LogP contribution is -2.38. The number of hydrogen-bond acceptors (Lipinski definition) is 4. The first-order valence-corrected chi connectivity index (χ1v) is 8.27. The molecule has 25 heavy (non-hydrogen) atoms. The molecule has 0 saturated heterocycles. The van der Waals surface area contributed by atoms with Gasteiger partial charge in [0.1, 0.15) is 23.9 Å². The molecule has 0 spiro atoms. The second-order valence-electron chi connectivity index (χ2n) is 5.90. The molecular weight excluding hydrogens is 318 g/mol. The van der Waals surface area contributed by atoms with Crippen LogP contribution in [-0.2, 0) is 4.79 Å². The fourth-order valence-electron chi connectivity index (χ4n) is 2.42. The van der Waals surface area contributed by atoms with Crippen molar-refractivity contribution < 1.29 is 19.0 Å². The van der Waals surface area contributed by atoms with E-state index in [9.17, 15) is 4.79 Å². The van der Waals surface area contributed by atoms with E-state index in [1.54, 1.807) is 38.3 Å². The Morgan fingerprint density at radius 2 is 1.60 bits per heavy atom. The molecule has 1 N–H and O–H groups in total. The minimum absolute atomic E-state index is 0.181. The number of carbonyl (C=O) groups excluding carboxylic acids is 1. The van der Waals surface area contributed by atoms with E-state index < -0.39 is 6.10 Å². The highest BCUT2D eigenvalue weighted by Gasteiger charge is 2.14. The summed E-state index contributed by atoms with van der Waals surface area (Å²) in [5.41, 5.74) is 2.31. The lowest BCUT2D eigenvalue weighted by molar-refractivity contribution is -0.127. The molecule has 0 aliphatic rings. The Balaban J connectivity index is 1.73. The highest BCUT2D eigenvalue weighted by atomic mass is 16.5. The van der Waals surface area contributed by atoms with Gasteiger partial charge in [0.25, 0.3) is 5.91 Å². The minimum atomic E-state index is -0.588. The van der Waals surface area contributed by atoms with Gasteiger partial charge in [0.05, 0.1) is 13.7 Å². The van der Waals surface area contributed by atoms with Crippen LogP contribution in [0.1, 0.15) is 18.1 Å². The van der Waals surface area contributed by atoms with Crippen LogP contribution in [0.5, 0.6) is 17.2 Å². The standard InChI is InChI=1S/C20H25NO4/c1-14-11-15(2)13-19(12-14)24-10-9-21-20(22)16(3)25-18-7-5-17(23-4)6-8-18/h5-8,11-13,16H,9-10H2,1-4H3,(H,21,22). The molecule has 0 aliphatic carbocycles. The van der Waals surface area contributed by atoms with Gasteiger partial charge in [0.15, 0.2) is 6.10 Å². The SMILES string of the molecule is COc1ccc(OC(C)C(=O)NCCOc2cc(C)cc(C)c2)cc1. The van der Waals surface area contributed by atoms with Crippen LogP contribution in [0.15, 0.2) is 42.5 Å². The zero-order valence-corrected chi connectivity index (χ0v) is 15.2. The van der Waals surface area contributed by atoms with Gasteiger partial charge < -0.3 is 19.5 Å². The summed E-state index contributed by atoms with van der Waals surface area (Å²) in [7, 11) is 1.60. The van der Waals surface area contributed by atoms with Crippen LogP contribution in [-0.4, -0.2) is 32.3 Å². The monoisotopic (exact) mass is 343 g/mol. The summed E-state index contributed by atoms with van der Waals surface area (Å²) in [4.78, 5) is 12.1. The fourth-order valence-corrected chi connectivity index (χ4v) is 2.42. The molecule has 1 atom stereocenters. The molecular formula is C20H25NO4. The molecule has 2 aromatic carbocycles.